The van der Waals surface area contributed by atoms with E-state index in [9.17, 15) is 9.59 Å². The van der Waals surface area contributed by atoms with Crippen LogP contribution in [-0.4, -0.2) is 55.0 Å². The number of ether oxygens (including phenoxy) is 1. The fraction of sp³-hybridized carbons (Fsp3) is 0.652. The normalized spacial score (nSPS) is 22.4. The minimum absolute atomic E-state index is 0.121. The Morgan fingerprint density at radius 3 is 2.54 bits per heavy atom. The second kappa shape index (κ2) is 9.55. The van der Waals surface area contributed by atoms with Crippen molar-refractivity contribution >= 4 is 11.8 Å². The second-order valence-corrected chi connectivity index (χ2v) is 8.31. The van der Waals surface area contributed by atoms with Crippen molar-refractivity contribution in [2.75, 3.05) is 33.4 Å². The fourth-order valence-electron chi connectivity index (χ4n) is 4.25. The van der Waals surface area contributed by atoms with Crippen molar-refractivity contribution in [1.82, 2.24) is 9.80 Å². The van der Waals surface area contributed by atoms with Gasteiger partial charge in [0.25, 0.3) is 0 Å². The maximum atomic E-state index is 13.6. The molecule has 0 bridgehead atoms. The fourth-order valence-corrected chi connectivity index (χ4v) is 4.25. The van der Waals surface area contributed by atoms with Crippen molar-refractivity contribution in [3.63, 3.8) is 0 Å². The summed E-state index contributed by atoms with van der Waals surface area (Å²) in [7, 11) is 1.65. The monoisotopic (exact) mass is 386 g/mol. The molecule has 5 heteroatoms. The average Bonchev–Trinajstić information content (AvgIpc) is 3.51. The molecule has 0 N–H and O–H groups in total. The zero-order chi connectivity index (χ0) is 20.1. The molecule has 1 aromatic carbocycles. The lowest BCUT2D eigenvalue weighted by Gasteiger charge is -2.42. The predicted octanol–water partition coefficient (Wildman–Crippen LogP) is 3.57. The highest BCUT2D eigenvalue weighted by Gasteiger charge is 2.42. The largest absolute Gasteiger partial charge is 0.383 e. The van der Waals surface area contributed by atoms with E-state index in [0.29, 0.717) is 31.9 Å². The number of carbonyl (C=O) groups excluding carboxylic acids is 2. The summed E-state index contributed by atoms with van der Waals surface area (Å²) in [6, 6.07) is 8.08. The average molecular weight is 387 g/mol. The number of hydrogen-bond acceptors (Lipinski definition) is 3. The van der Waals surface area contributed by atoms with Crippen LogP contribution in [0.1, 0.15) is 56.2 Å². The van der Waals surface area contributed by atoms with Gasteiger partial charge in [-0.2, -0.15) is 0 Å². The van der Waals surface area contributed by atoms with Crippen LogP contribution in [0, 0.1) is 18.8 Å². The van der Waals surface area contributed by atoms with Crippen molar-refractivity contribution < 1.29 is 14.3 Å². The number of benzene rings is 1. The summed E-state index contributed by atoms with van der Waals surface area (Å²) in [5, 5.41) is 0. The maximum absolute atomic E-state index is 13.6. The molecule has 154 valence electrons. The van der Waals surface area contributed by atoms with Gasteiger partial charge in [-0.25, -0.2) is 0 Å². The lowest BCUT2D eigenvalue weighted by molar-refractivity contribution is -0.149. The number of amides is 2. The Hall–Kier alpha value is -1.88. The van der Waals surface area contributed by atoms with Gasteiger partial charge < -0.3 is 14.5 Å². The van der Waals surface area contributed by atoms with Gasteiger partial charge in [0.2, 0.25) is 11.8 Å². The molecule has 1 aromatic rings. The molecule has 0 aromatic heterocycles. The van der Waals surface area contributed by atoms with Crippen molar-refractivity contribution in [1.29, 1.82) is 0 Å². The number of methoxy groups -OCH3 is 1. The molecule has 1 aliphatic carbocycles. The highest BCUT2D eigenvalue weighted by Crippen LogP contribution is 2.39. The van der Waals surface area contributed by atoms with E-state index < -0.39 is 0 Å². The molecule has 1 aliphatic heterocycles. The third-order valence-electron chi connectivity index (χ3n) is 5.96. The molecular weight excluding hydrogens is 352 g/mol. The first-order chi connectivity index (χ1) is 13.5. The predicted molar refractivity (Wildman–Crippen MR) is 110 cm³/mol. The van der Waals surface area contributed by atoms with Gasteiger partial charge >= 0.3 is 0 Å². The minimum Gasteiger partial charge on any atom is -0.383 e. The molecule has 2 aliphatic rings. The van der Waals surface area contributed by atoms with Gasteiger partial charge in [-0.3, -0.25) is 9.59 Å². The van der Waals surface area contributed by atoms with Gasteiger partial charge in [-0.15, -0.1) is 0 Å². The highest BCUT2D eigenvalue weighted by molar-refractivity contribution is 5.85. The Kier molecular flexibility index (Phi) is 7.11. The van der Waals surface area contributed by atoms with Crippen LogP contribution in [0.2, 0.25) is 0 Å². The standard InChI is InChI=1S/C23H34N2O3/c1-4-13-24(16-18-7-8-18)23(27)20-11-12-21(26)25(14-15-28-3)22(20)19-9-5-17(2)6-10-19/h5-6,9-10,18,20,22H,4,7-8,11-16H2,1-3H3/t20-,22-/m1/s1. The molecule has 5 nitrogen and oxygen atoms in total. The van der Waals surface area contributed by atoms with Gasteiger partial charge in [-0.1, -0.05) is 36.8 Å². The summed E-state index contributed by atoms with van der Waals surface area (Å²) < 4.78 is 5.25. The summed E-state index contributed by atoms with van der Waals surface area (Å²) in [5.41, 5.74) is 2.23. The summed E-state index contributed by atoms with van der Waals surface area (Å²) >= 11 is 0. The first kappa shape index (κ1) is 20.8. The quantitative estimate of drug-likeness (QED) is 0.652. The minimum atomic E-state index is -0.206. The molecule has 3 rings (SSSR count). The van der Waals surface area contributed by atoms with Crippen LogP contribution in [0.3, 0.4) is 0 Å². The topological polar surface area (TPSA) is 49.9 Å². The van der Waals surface area contributed by atoms with E-state index >= 15 is 0 Å². The van der Waals surface area contributed by atoms with Gasteiger partial charge in [-0.05, 0) is 44.1 Å². The van der Waals surface area contributed by atoms with E-state index in [-0.39, 0.29) is 23.8 Å². The van der Waals surface area contributed by atoms with Crippen LogP contribution < -0.4 is 0 Å². The molecule has 28 heavy (non-hydrogen) atoms. The van der Waals surface area contributed by atoms with E-state index in [4.69, 9.17) is 4.74 Å². The summed E-state index contributed by atoms with van der Waals surface area (Å²) in [4.78, 5) is 30.3. The van der Waals surface area contributed by atoms with E-state index in [0.717, 1.165) is 25.1 Å². The van der Waals surface area contributed by atoms with E-state index in [1.807, 2.05) is 4.90 Å². The summed E-state index contributed by atoms with van der Waals surface area (Å²) in [6.07, 6.45) is 4.50. The molecule has 1 saturated carbocycles. The summed E-state index contributed by atoms with van der Waals surface area (Å²) in [5.74, 6) is 0.829. The second-order valence-electron chi connectivity index (χ2n) is 8.31. The van der Waals surface area contributed by atoms with Gasteiger partial charge in [0.05, 0.1) is 18.6 Å². The Morgan fingerprint density at radius 2 is 1.93 bits per heavy atom. The Bertz CT molecular complexity index is 669. The third-order valence-corrected chi connectivity index (χ3v) is 5.96. The molecule has 2 amide bonds. The van der Waals surface area contributed by atoms with E-state index in [1.165, 1.54) is 18.4 Å². The molecule has 1 heterocycles. The third kappa shape index (κ3) is 4.93. The van der Waals surface area contributed by atoms with Gasteiger partial charge in [0.15, 0.2) is 0 Å². The number of rotatable bonds is 9. The Balaban J connectivity index is 1.89. The molecule has 0 radical (unpaired) electrons. The van der Waals surface area contributed by atoms with Crippen molar-refractivity contribution in [2.24, 2.45) is 11.8 Å². The zero-order valence-corrected chi connectivity index (χ0v) is 17.5. The Morgan fingerprint density at radius 1 is 1.21 bits per heavy atom. The molecule has 0 unspecified atom stereocenters. The van der Waals surface area contributed by atoms with Crippen LogP contribution in [0.15, 0.2) is 24.3 Å². The van der Waals surface area contributed by atoms with E-state index in [2.05, 4.69) is 43.0 Å². The van der Waals surface area contributed by atoms with Crippen molar-refractivity contribution in [3.8, 4) is 0 Å². The number of aryl methyl sites for hydroxylation is 1. The number of likely N-dealkylation sites (tertiary alicyclic amines) is 1. The number of hydrogen-bond donors (Lipinski definition) is 0. The number of carbonyl (C=O) groups is 2. The molecule has 1 saturated heterocycles. The first-order valence-electron chi connectivity index (χ1n) is 10.7. The van der Waals surface area contributed by atoms with E-state index in [1.54, 1.807) is 7.11 Å². The summed E-state index contributed by atoms with van der Waals surface area (Å²) in [6.45, 7) is 6.86. The van der Waals surface area contributed by atoms with Crippen LogP contribution in [0.5, 0.6) is 0 Å². The van der Waals surface area contributed by atoms with Crippen molar-refractivity contribution in [3.05, 3.63) is 35.4 Å². The SMILES string of the molecule is CCCN(CC1CC1)C(=O)[C@@H]1CCC(=O)N(CCOC)[C@@H]1c1ccc(C)cc1. The van der Waals surface area contributed by atoms with Gasteiger partial charge in [0, 0.05) is 33.2 Å². The van der Waals surface area contributed by atoms with Crippen LogP contribution in [-0.2, 0) is 14.3 Å². The highest BCUT2D eigenvalue weighted by atomic mass is 16.5. The molecule has 2 fully saturated rings. The smallest absolute Gasteiger partial charge is 0.228 e. The van der Waals surface area contributed by atoms with Crippen molar-refractivity contribution in [2.45, 2.75) is 52.0 Å². The number of nitrogens with zero attached hydrogens (tertiary/aromatic N) is 2. The van der Waals surface area contributed by atoms with Crippen LogP contribution in [0.25, 0.3) is 0 Å². The molecule has 2 atom stereocenters. The van der Waals surface area contributed by atoms with Crippen LogP contribution in [0.4, 0.5) is 0 Å². The number of piperidine rings is 1. The zero-order valence-electron chi connectivity index (χ0n) is 17.5. The lowest BCUT2D eigenvalue weighted by Crippen LogP contribution is -2.50. The lowest BCUT2D eigenvalue weighted by atomic mass is 9.83. The maximum Gasteiger partial charge on any atom is 0.228 e. The Labute approximate surface area is 169 Å². The van der Waals surface area contributed by atoms with Gasteiger partial charge in [0.1, 0.15) is 0 Å². The molecule has 0 spiro atoms. The first-order valence-corrected chi connectivity index (χ1v) is 10.7. The van der Waals surface area contributed by atoms with Crippen LogP contribution >= 0.6 is 0 Å². The molecular formula is C23H34N2O3.